The first-order valence-electron chi connectivity index (χ1n) is 8.20. The number of fused-ring (bicyclic) bond motifs is 2. The zero-order valence-corrected chi connectivity index (χ0v) is 14.1. The van der Waals surface area contributed by atoms with E-state index in [9.17, 15) is 14.7 Å². The largest absolute Gasteiger partial charge is 0.454 e. The summed E-state index contributed by atoms with van der Waals surface area (Å²) in [6.07, 6.45) is 2.68. The average molecular weight is 351 g/mol. The van der Waals surface area contributed by atoms with Crippen LogP contribution in [0.1, 0.15) is 17.5 Å². The van der Waals surface area contributed by atoms with Crippen LogP contribution >= 0.6 is 0 Å². The van der Waals surface area contributed by atoms with E-state index in [2.05, 4.69) is 0 Å². The molecule has 4 rings (SSSR count). The molecule has 2 heterocycles. The van der Waals surface area contributed by atoms with E-state index in [0.717, 1.165) is 5.56 Å². The van der Waals surface area contributed by atoms with Gasteiger partial charge < -0.3 is 19.5 Å². The molecule has 26 heavy (non-hydrogen) atoms. The molecule has 132 valence electrons. The summed E-state index contributed by atoms with van der Waals surface area (Å²) in [5.41, 5.74) is 0.0107. The summed E-state index contributed by atoms with van der Waals surface area (Å²) in [4.78, 5) is 26.3. The second-order valence-corrected chi connectivity index (χ2v) is 6.33. The third-order valence-corrected chi connectivity index (χ3v) is 4.66. The highest BCUT2D eigenvalue weighted by Gasteiger charge is 2.49. The Morgan fingerprint density at radius 1 is 1.23 bits per heavy atom. The summed E-state index contributed by atoms with van der Waals surface area (Å²) >= 11 is 0. The van der Waals surface area contributed by atoms with Gasteiger partial charge in [0.2, 0.25) is 6.79 Å². The van der Waals surface area contributed by atoms with Crippen LogP contribution in [0.25, 0.3) is 6.08 Å². The Balaban J connectivity index is 1.54. The summed E-state index contributed by atoms with van der Waals surface area (Å²) in [7, 11) is 1.59. The molecule has 0 radical (unpaired) electrons. The second kappa shape index (κ2) is 6.00. The fourth-order valence-corrected chi connectivity index (χ4v) is 3.31. The third-order valence-electron chi connectivity index (χ3n) is 4.66. The third kappa shape index (κ3) is 2.55. The predicted octanol–water partition coefficient (Wildman–Crippen LogP) is 2.25. The van der Waals surface area contributed by atoms with Crippen LogP contribution in [0.15, 0.2) is 48.5 Å². The van der Waals surface area contributed by atoms with Crippen molar-refractivity contribution in [3.05, 3.63) is 59.7 Å². The highest BCUT2D eigenvalue weighted by molar-refractivity contribution is 6.09. The van der Waals surface area contributed by atoms with E-state index in [1.54, 1.807) is 55.6 Å². The van der Waals surface area contributed by atoms with Gasteiger partial charge in [0.05, 0.1) is 12.1 Å². The summed E-state index contributed by atoms with van der Waals surface area (Å²) in [6, 6.07) is 12.3. The van der Waals surface area contributed by atoms with Crippen LogP contribution in [-0.4, -0.2) is 30.6 Å². The van der Waals surface area contributed by atoms with Crippen LogP contribution in [0.4, 0.5) is 5.69 Å². The molecule has 2 aliphatic rings. The molecule has 0 unspecified atom stereocenters. The van der Waals surface area contributed by atoms with E-state index >= 15 is 0 Å². The summed E-state index contributed by atoms with van der Waals surface area (Å²) in [5.74, 6) is 0.450. The predicted molar refractivity (Wildman–Crippen MR) is 95.0 cm³/mol. The number of rotatable bonds is 4. The van der Waals surface area contributed by atoms with Gasteiger partial charge in [0.15, 0.2) is 22.9 Å². The van der Waals surface area contributed by atoms with Crippen LogP contribution in [0.3, 0.4) is 0 Å². The number of ketones is 1. The molecule has 1 atom stereocenters. The van der Waals surface area contributed by atoms with Crippen molar-refractivity contribution in [2.75, 3.05) is 18.7 Å². The van der Waals surface area contributed by atoms with Gasteiger partial charge in [-0.05, 0) is 29.8 Å². The van der Waals surface area contributed by atoms with Crippen molar-refractivity contribution in [3.63, 3.8) is 0 Å². The van der Waals surface area contributed by atoms with E-state index in [1.807, 2.05) is 0 Å². The summed E-state index contributed by atoms with van der Waals surface area (Å²) in [6.45, 7) is 0.184. The number of allylic oxidation sites excluding steroid dienone is 1. The molecule has 6 heteroatoms. The molecule has 0 bridgehead atoms. The number of benzene rings is 2. The molecule has 2 aromatic carbocycles. The molecule has 2 aliphatic heterocycles. The Labute approximate surface area is 150 Å². The number of para-hydroxylation sites is 1. The first kappa shape index (κ1) is 16.4. The van der Waals surface area contributed by atoms with E-state index in [-0.39, 0.29) is 19.0 Å². The minimum Gasteiger partial charge on any atom is -0.454 e. The number of carbonyl (C=O) groups is 2. The standard InChI is InChI=1S/C20H17NO5/c1-21-16-5-3-2-4-15(16)20(24,19(21)23)11-14(22)8-6-13-7-9-17-18(10-13)26-12-25-17/h2-10,24H,11-12H2,1H3/b8-6+/t20-/m1/s1. The maximum absolute atomic E-state index is 12.5. The van der Waals surface area contributed by atoms with Crippen molar-refractivity contribution in [2.45, 2.75) is 12.0 Å². The lowest BCUT2D eigenvalue weighted by molar-refractivity contribution is -0.140. The number of hydrogen-bond acceptors (Lipinski definition) is 5. The molecule has 2 aromatic rings. The number of aliphatic hydroxyl groups is 1. The van der Waals surface area contributed by atoms with Crippen LogP contribution in [0.5, 0.6) is 11.5 Å². The van der Waals surface area contributed by atoms with E-state index in [1.165, 1.54) is 11.0 Å². The van der Waals surface area contributed by atoms with E-state index < -0.39 is 11.5 Å². The van der Waals surface area contributed by atoms with Gasteiger partial charge in [-0.15, -0.1) is 0 Å². The highest BCUT2D eigenvalue weighted by atomic mass is 16.7. The Hall–Kier alpha value is -3.12. The number of likely N-dealkylation sites (N-methyl/N-ethyl adjacent to an activating group) is 1. The minimum absolute atomic E-state index is 0.184. The quantitative estimate of drug-likeness (QED) is 0.855. The monoisotopic (exact) mass is 351 g/mol. The SMILES string of the molecule is CN1C(=O)[C@@](O)(CC(=O)/C=C/c2ccc3c(c2)OCO3)c2ccccc21. The summed E-state index contributed by atoms with van der Waals surface area (Å²) in [5, 5.41) is 10.9. The topological polar surface area (TPSA) is 76.1 Å². The molecule has 0 saturated carbocycles. The van der Waals surface area contributed by atoms with Gasteiger partial charge in [-0.1, -0.05) is 30.3 Å². The van der Waals surface area contributed by atoms with Crippen molar-refractivity contribution >= 4 is 23.5 Å². The molecule has 1 N–H and O–H groups in total. The lowest BCUT2D eigenvalue weighted by atomic mass is 9.90. The zero-order chi connectivity index (χ0) is 18.3. The average Bonchev–Trinajstić information content (AvgIpc) is 3.18. The smallest absolute Gasteiger partial charge is 0.263 e. The normalized spacial score (nSPS) is 20.7. The Bertz CT molecular complexity index is 936. The number of hydrogen-bond donors (Lipinski definition) is 1. The Morgan fingerprint density at radius 2 is 2.00 bits per heavy atom. The first-order valence-corrected chi connectivity index (χ1v) is 8.20. The molecule has 0 saturated heterocycles. The highest BCUT2D eigenvalue weighted by Crippen LogP contribution is 2.41. The van der Waals surface area contributed by atoms with Crippen LogP contribution in [-0.2, 0) is 15.2 Å². The molecule has 0 fully saturated rings. The molecular weight excluding hydrogens is 334 g/mol. The van der Waals surface area contributed by atoms with Gasteiger partial charge >= 0.3 is 0 Å². The van der Waals surface area contributed by atoms with Crippen molar-refractivity contribution < 1.29 is 24.2 Å². The summed E-state index contributed by atoms with van der Waals surface area (Å²) < 4.78 is 10.6. The van der Waals surface area contributed by atoms with E-state index in [0.29, 0.717) is 22.7 Å². The Morgan fingerprint density at radius 3 is 2.85 bits per heavy atom. The van der Waals surface area contributed by atoms with Crippen molar-refractivity contribution in [1.82, 2.24) is 0 Å². The number of carbonyl (C=O) groups excluding carboxylic acids is 2. The minimum atomic E-state index is -1.83. The second-order valence-electron chi connectivity index (χ2n) is 6.33. The number of ether oxygens (including phenoxy) is 2. The van der Waals surface area contributed by atoms with Gasteiger partial charge in [-0.3, -0.25) is 9.59 Å². The van der Waals surface area contributed by atoms with Gasteiger partial charge in [-0.2, -0.15) is 0 Å². The lowest BCUT2D eigenvalue weighted by Crippen LogP contribution is -2.40. The number of amides is 1. The number of nitrogens with zero attached hydrogens (tertiary/aromatic N) is 1. The molecular formula is C20H17NO5. The van der Waals surface area contributed by atoms with Crippen LogP contribution in [0, 0.1) is 0 Å². The van der Waals surface area contributed by atoms with Crippen molar-refractivity contribution in [1.29, 1.82) is 0 Å². The molecule has 0 aliphatic carbocycles. The van der Waals surface area contributed by atoms with Crippen LogP contribution < -0.4 is 14.4 Å². The van der Waals surface area contributed by atoms with Crippen molar-refractivity contribution in [3.8, 4) is 11.5 Å². The van der Waals surface area contributed by atoms with Gasteiger partial charge in [0.1, 0.15) is 0 Å². The lowest BCUT2D eigenvalue weighted by Gasteiger charge is -2.20. The molecule has 6 nitrogen and oxygen atoms in total. The maximum Gasteiger partial charge on any atom is 0.263 e. The van der Waals surface area contributed by atoms with Gasteiger partial charge in [-0.25, -0.2) is 0 Å². The van der Waals surface area contributed by atoms with Gasteiger partial charge in [0.25, 0.3) is 5.91 Å². The Kier molecular flexibility index (Phi) is 3.77. The van der Waals surface area contributed by atoms with Gasteiger partial charge in [0, 0.05) is 12.6 Å². The fraction of sp³-hybridized carbons (Fsp3) is 0.200. The van der Waals surface area contributed by atoms with E-state index in [4.69, 9.17) is 9.47 Å². The maximum atomic E-state index is 12.5. The first-order chi connectivity index (χ1) is 12.5. The number of anilines is 1. The fourth-order valence-electron chi connectivity index (χ4n) is 3.31. The molecule has 1 amide bonds. The van der Waals surface area contributed by atoms with Crippen LogP contribution in [0.2, 0.25) is 0 Å². The zero-order valence-electron chi connectivity index (χ0n) is 14.1. The van der Waals surface area contributed by atoms with Crippen molar-refractivity contribution in [2.24, 2.45) is 0 Å². The molecule has 0 spiro atoms. The molecule has 0 aromatic heterocycles.